The average Bonchev–Trinajstić information content (AvgIpc) is 3.16. The molecule has 2 heterocycles. The van der Waals surface area contributed by atoms with Crippen LogP contribution in [0.3, 0.4) is 0 Å². The van der Waals surface area contributed by atoms with E-state index in [2.05, 4.69) is 47.9 Å². The lowest BCUT2D eigenvalue weighted by atomic mass is 10.1. The Morgan fingerprint density at radius 3 is 1.38 bits per heavy atom. The first-order valence-electron chi connectivity index (χ1n) is 8.45. The molecule has 0 aliphatic heterocycles. The van der Waals surface area contributed by atoms with Crippen molar-refractivity contribution >= 4 is 43.9 Å². The Labute approximate surface area is 150 Å². The van der Waals surface area contributed by atoms with Gasteiger partial charge in [-0.3, -0.25) is 0 Å². The molecule has 0 atom stereocenters. The van der Waals surface area contributed by atoms with Crippen molar-refractivity contribution in [2.45, 2.75) is 13.8 Å². The van der Waals surface area contributed by atoms with E-state index in [4.69, 9.17) is 8.83 Å². The van der Waals surface area contributed by atoms with Crippen LogP contribution in [0.1, 0.15) is 25.0 Å². The van der Waals surface area contributed by atoms with Crippen LogP contribution >= 0.6 is 0 Å². The van der Waals surface area contributed by atoms with Gasteiger partial charge in [0.25, 0.3) is 0 Å². The van der Waals surface area contributed by atoms with E-state index in [0.29, 0.717) is 0 Å². The van der Waals surface area contributed by atoms with Crippen molar-refractivity contribution in [2.24, 2.45) is 0 Å². The summed E-state index contributed by atoms with van der Waals surface area (Å²) >= 11 is 0. The molecule has 0 saturated carbocycles. The highest BCUT2D eigenvalue weighted by molar-refractivity contribution is 6.14. The van der Waals surface area contributed by atoms with Crippen molar-refractivity contribution in [3.05, 3.63) is 59.7 Å². The fraction of sp³-hybridized carbons (Fsp3) is 0.0833. The molecule has 0 spiro atoms. The average molecular weight is 334 g/mol. The molecule has 0 saturated heterocycles. The number of hydrogen-bond acceptors (Lipinski definition) is 2. The van der Waals surface area contributed by atoms with E-state index in [1.807, 2.05) is 38.1 Å². The molecule has 5 rings (SSSR count). The Bertz CT molecular complexity index is 1340. The summed E-state index contributed by atoms with van der Waals surface area (Å²) in [5.74, 6) is 12.0. The number of rotatable bonds is 0. The van der Waals surface area contributed by atoms with Gasteiger partial charge < -0.3 is 8.83 Å². The first-order valence-corrected chi connectivity index (χ1v) is 8.45. The van der Waals surface area contributed by atoms with Gasteiger partial charge >= 0.3 is 0 Å². The molecule has 0 amide bonds. The molecule has 26 heavy (non-hydrogen) atoms. The molecule has 0 N–H and O–H groups in total. The van der Waals surface area contributed by atoms with Gasteiger partial charge in [0.2, 0.25) is 0 Å². The van der Waals surface area contributed by atoms with Crippen molar-refractivity contribution in [1.82, 2.24) is 0 Å². The Hall–Kier alpha value is -3.62. The first kappa shape index (κ1) is 14.7. The lowest BCUT2D eigenvalue weighted by Crippen LogP contribution is -1.73. The molecule has 122 valence electrons. The van der Waals surface area contributed by atoms with Gasteiger partial charge in [-0.05, 0) is 62.4 Å². The predicted octanol–water partition coefficient (Wildman–Crippen LogP) is 6.23. The van der Waals surface area contributed by atoms with Crippen LogP contribution in [0.2, 0.25) is 0 Å². The van der Waals surface area contributed by atoms with Crippen molar-refractivity contribution < 1.29 is 8.83 Å². The maximum Gasteiger partial charge on any atom is 0.136 e. The second-order valence-electron chi connectivity index (χ2n) is 6.22. The monoisotopic (exact) mass is 334 g/mol. The van der Waals surface area contributed by atoms with E-state index in [9.17, 15) is 0 Å². The summed E-state index contributed by atoms with van der Waals surface area (Å²) in [6.45, 7) is 3.67. The third-order valence-electron chi connectivity index (χ3n) is 4.60. The molecule has 0 bridgehead atoms. The van der Waals surface area contributed by atoms with Crippen LogP contribution in [-0.4, -0.2) is 0 Å². The summed E-state index contributed by atoms with van der Waals surface area (Å²) in [5.41, 5.74) is 5.31. The fourth-order valence-corrected chi connectivity index (χ4v) is 3.49. The van der Waals surface area contributed by atoms with E-state index in [1.54, 1.807) is 0 Å². The highest BCUT2D eigenvalue weighted by Crippen LogP contribution is 2.36. The van der Waals surface area contributed by atoms with Crippen LogP contribution in [0.4, 0.5) is 0 Å². The van der Waals surface area contributed by atoms with Gasteiger partial charge in [0.1, 0.15) is 22.3 Å². The SMILES string of the molecule is CC#Cc1ccc2c(c1)oc1cc3c(cc12)oc1cc(C#CC)ccc13. The van der Waals surface area contributed by atoms with Crippen molar-refractivity contribution in [2.75, 3.05) is 0 Å². The van der Waals surface area contributed by atoms with Crippen LogP contribution < -0.4 is 0 Å². The van der Waals surface area contributed by atoms with Gasteiger partial charge in [-0.2, -0.15) is 0 Å². The molecule has 0 unspecified atom stereocenters. The normalized spacial score (nSPS) is 10.8. The van der Waals surface area contributed by atoms with Gasteiger partial charge in [0, 0.05) is 32.7 Å². The molecule has 0 aliphatic rings. The summed E-state index contributed by atoms with van der Waals surface area (Å²) in [6, 6.07) is 16.3. The van der Waals surface area contributed by atoms with Crippen LogP contribution in [0.15, 0.2) is 57.4 Å². The summed E-state index contributed by atoms with van der Waals surface area (Å²) in [5, 5.41) is 4.25. The number of fused-ring (bicyclic) bond motifs is 6. The number of benzene rings is 3. The maximum absolute atomic E-state index is 6.10. The second kappa shape index (κ2) is 5.45. The van der Waals surface area contributed by atoms with Gasteiger partial charge in [-0.1, -0.05) is 11.8 Å². The van der Waals surface area contributed by atoms with Crippen molar-refractivity contribution in [1.29, 1.82) is 0 Å². The number of furan rings is 2. The minimum Gasteiger partial charge on any atom is -0.456 e. The molecule has 0 radical (unpaired) electrons. The topological polar surface area (TPSA) is 26.3 Å². The molecule has 0 fully saturated rings. The zero-order valence-electron chi connectivity index (χ0n) is 14.4. The minimum absolute atomic E-state index is 0.845. The van der Waals surface area contributed by atoms with E-state index in [0.717, 1.165) is 55.0 Å². The van der Waals surface area contributed by atoms with Crippen molar-refractivity contribution in [3.63, 3.8) is 0 Å². The van der Waals surface area contributed by atoms with E-state index < -0.39 is 0 Å². The lowest BCUT2D eigenvalue weighted by molar-refractivity contribution is 0.664. The van der Waals surface area contributed by atoms with Gasteiger partial charge in [-0.15, -0.1) is 11.8 Å². The summed E-state index contributed by atoms with van der Waals surface area (Å²) in [4.78, 5) is 0. The third-order valence-corrected chi connectivity index (χ3v) is 4.60. The Balaban J connectivity index is 1.82. The van der Waals surface area contributed by atoms with E-state index >= 15 is 0 Å². The van der Waals surface area contributed by atoms with E-state index in [1.165, 1.54) is 0 Å². The smallest absolute Gasteiger partial charge is 0.136 e. The Kier molecular flexibility index (Phi) is 3.08. The largest absolute Gasteiger partial charge is 0.456 e. The molecular weight excluding hydrogens is 320 g/mol. The molecule has 2 nitrogen and oxygen atoms in total. The highest BCUT2D eigenvalue weighted by Gasteiger charge is 2.13. The first-order chi connectivity index (χ1) is 12.8. The Morgan fingerprint density at radius 2 is 0.962 bits per heavy atom. The Morgan fingerprint density at radius 1 is 0.538 bits per heavy atom. The molecule has 5 aromatic rings. The standard InChI is InChI=1S/C24H14O2/c1-3-5-15-7-9-17-19-13-24-20(14-23(19)25-21(17)11-15)18-10-8-16(6-4-2)12-22(18)26-24/h7-14H,1-2H3. The van der Waals surface area contributed by atoms with Crippen molar-refractivity contribution in [3.8, 4) is 23.7 Å². The lowest BCUT2D eigenvalue weighted by Gasteiger charge is -1.92. The van der Waals surface area contributed by atoms with Crippen LogP contribution in [0.25, 0.3) is 43.9 Å². The zero-order chi connectivity index (χ0) is 17.7. The predicted molar refractivity (Wildman–Crippen MR) is 106 cm³/mol. The van der Waals surface area contributed by atoms with Crippen LogP contribution in [-0.2, 0) is 0 Å². The summed E-state index contributed by atoms with van der Waals surface area (Å²) in [7, 11) is 0. The molecule has 0 aliphatic carbocycles. The molecule has 2 heteroatoms. The van der Waals surface area contributed by atoms with Crippen LogP contribution in [0.5, 0.6) is 0 Å². The van der Waals surface area contributed by atoms with Gasteiger partial charge in [-0.25, -0.2) is 0 Å². The van der Waals surface area contributed by atoms with Crippen LogP contribution in [0, 0.1) is 23.7 Å². The van der Waals surface area contributed by atoms with Gasteiger partial charge in [0.15, 0.2) is 0 Å². The highest BCUT2D eigenvalue weighted by atomic mass is 16.3. The quantitative estimate of drug-likeness (QED) is 0.314. The number of hydrogen-bond donors (Lipinski definition) is 0. The maximum atomic E-state index is 6.10. The summed E-state index contributed by atoms with van der Waals surface area (Å²) < 4.78 is 12.2. The second-order valence-corrected chi connectivity index (χ2v) is 6.22. The fourth-order valence-electron chi connectivity index (χ4n) is 3.49. The molecular formula is C24H14O2. The van der Waals surface area contributed by atoms with Gasteiger partial charge in [0.05, 0.1) is 0 Å². The summed E-state index contributed by atoms with van der Waals surface area (Å²) in [6.07, 6.45) is 0. The van der Waals surface area contributed by atoms with E-state index in [-0.39, 0.29) is 0 Å². The third kappa shape index (κ3) is 2.10. The minimum atomic E-state index is 0.845. The molecule has 2 aromatic heterocycles. The molecule has 3 aromatic carbocycles. The zero-order valence-corrected chi connectivity index (χ0v) is 14.4.